The first kappa shape index (κ1) is 12.1. The predicted octanol–water partition coefficient (Wildman–Crippen LogP) is 1.93. The fourth-order valence-electron chi connectivity index (χ4n) is 1.98. The lowest BCUT2D eigenvalue weighted by Crippen LogP contribution is -2.25. The lowest BCUT2D eigenvalue weighted by molar-refractivity contribution is 0.0958. The van der Waals surface area contributed by atoms with Crippen LogP contribution in [0.25, 0.3) is 11.4 Å². The van der Waals surface area contributed by atoms with Gasteiger partial charge < -0.3 is 0 Å². The maximum absolute atomic E-state index is 12.4. The third-order valence-electron chi connectivity index (χ3n) is 2.93. The first-order chi connectivity index (χ1) is 9.77. The Bertz CT molecular complexity index is 789. The van der Waals surface area contributed by atoms with Gasteiger partial charge in [-0.05, 0) is 12.1 Å². The monoisotopic (exact) mass is 265 g/mol. The molecule has 0 saturated carbocycles. The van der Waals surface area contributed by atoms with Crippen molar-refractivity contribution in [2.45, 2.75) is 0 Å². The maximum atomic E-state index is 12.4. The van der Waals surface area contributed by atoms with Gasteiger partial charge in [0.15, 0.2) is 5.82 Å². The molecule has 0 aliphatic carbocycles. The van der Waals surface area contributed by atoms with Crippen molar-refractivity contribution in [2.75, 3.05) is 0 Å². The summed E-state index contributed by atoms with van der Waals surface area (Å²) in [4.78, 5) is 24.3. The number of hydrogen-bond acceptors (Lipinski definition) is 3. The molecule has 2 aromatic carbocycles. The van der Waals surface area contributed by atoms with Gasteiger partial charge in [0, 0.05) is 11.1 Å². The van der Waals surface area contributed by atoms with E-state index in [2.05, 4.69) is 10.2 Å². The second-order valence-electron chi connectivity index (χ2n) is 4.22. The van der Waals surface area contributed by atoms with Crippen LogP contribution in [0.5, 0.6) is 0 Å². The Morgan fingerprint density at radius 1 is 0.950 bits per heavy atom. The zero-order valence-corrected chi connectivity index (χ0v) is 10.5. The smallest absolute Gasteiger partial charge is 0.268 e. The lowest BCUT2D eigenvalue weighted by Gasteiger charge is -2.04. The summed E-state index contributed by atoms with van der Waals surface area (Å²) < 4.78 is 1.05. The van der Waals surface area contributed by atoms with Crippen LogP contribution < -0.4 is 5.69 Å². The Hall–Kier alpha value is -2.95. The van der Waals surface area contributed by atoms with Crippen molar-refractivity contribution < 1.29 is 4.79 Å². The van der Waals surface area contributed by atoms with Gasteiger partial charge in [-0.3, -0.25) is 4.79 Å². The minimum Gasteiger partial charge on any atom is -0.268 e. The molecule has 0 amide bonds. The summed E-state index contributed by atoms with van der Waals surface area (Å²) in [6, 6.07) is 17.7. The quantitative estimate of drug-likeness (QED) is 0.769. The van der Waals surface area contributed by atoms with E-state index in [0.717, 1.165) is 4.57 Å². The van der Waals surface area contributed by atoms with Gasteiger partial charge in [-0.15, -0.1) is 0 Å². The second kappa shape index (κ2) is 4.97. The number of aromatic amines is 1. The lowest BCUT2D eigenvalue weighted by atomic mass is 10.2. The zero-order chi connectivity index (χ0) is 13.9. The van der Waals surface area contributed by atoms with E-state index in [1.807, 2.05) is 24.3 Å². The fraction of sp³-hybridized carbons (Fsp3) is 0. The Morgan fingerprint density at radius 2 is 1.55 bits per heavy atom. The highest BCUT2D eigenvalue weighted by atomic mass is 16.2. The molecule has 3 rings (SSSR count). The van der Waals surface area contributed by atoms with E-state index in [4.69, 9.17) is 0 Å². The van der Waals surface area contributed by atoms with Gasteiger partial charge in [-0.1, -0.05) is 48.5 Å². The Kier molecular flexibility index (Phi) is 3.01. The van der Waals surface area contributed by atoms with E-state index < -0.39 is 11.6 Å². The van der Waals surface area contributed by atoms with Crippen LogP contribution >= 0.6 is 0 Å². The third-order valence-corrected chi connectivity index (χ3v) is 2.93. The van der Waals surface area contributed by atoms with Gasteiger partial charge in [0.05, 0.1) is 0 Å². The minimum atomic E-state index is -0.544. The number of benzene rings is 2. The highest BCUT2D eigenvalue weighted by Crippen LogP contribution is 2.15. The topological polar surface area (TPSA) is 67.8 Å². The molecule has 1 heterocycles. The van der Waals surface area contributed by atoms with E-state index in [9.17, 15) is 9.59 Å². The van der Waals surface area contributed by atoms with Gasteiger partial charge >= 0.3 is 5.69 Å². The molecule has 0 radical (unpaired) electrons. The average Bonchev–Trinajstić information content (AvgIpc) is 2.90. The largest absolute Gasteiger partial charge is 0.350 e. The molecule has 5 heteroatoms. The van der Waals surface area contributed by atoms with Crippen LogP contribution in [0.15, 0.2) is 65.5 Å². The second-order valence-corrected chi connectivity index (χ2v) is 4.22. The molecule has 98 valence electrons. The van der Waals surface area contributed by atoms with Crippen molar-refractivity contribution in [1.29, 1.82) is 0 Å². The SMILES string of the molecule is O=C(c1ccccc1)n1c(-c2ccccc2)n[nH]c1=O. The summed E-state index contributed by atoms with van der Waals surface area (Å²) >= 11 is 0. The Morgan fingerprint density at radius 3 is 2.20 bits per heavy atom. The predicted molar refractivity (Wildman–Crippen MR) is 74.5 cm³/mol. The van der Waals surface area contributed by atoms with Crippen LogP contribution in [-0.4, -0.2) is 20.7 Å². The number of carbonyl (C=O) groups is 1. The standard InChI is InChI=1S/C15H11N3O2/c19-14(12-9-5-2-6-10-12)18-13(16-17-15(18)20)11-7-3-1-4-8-11/h1-10H,(H,17,20). The molecule has 0 bridgehead atoms. The molecule has 20 heavy (non-hydrogen) atoms. The number of H-pyrrole nitrogens is 1. The number of nitrogens with one attached hydrogen (secondary N) is 1. The molecule has 0 saturated heterocycles. The molecule has 1 N–H and O–H groups in total. The normalized spacial score (nSPS) is 10.4. The summed E-state index contributed by atoms with van der Waals surface area (Å²) in [7, 11) is 0. The van der Waals surface area contributed by atoms with Crippen LogP contribution in [-0.2, 0) is 0 Å². The zero-order valence-electron chi connectivity index (χ0n) is 10.5. The molecule has 1 aromatic heterocycles. The highest BCUT2D eigenvalue weighted by molar-refractivity contribution is 5.97. The van der Waals surface area contributed by atoms with Gasteiger partial charge in [-0.25, -0.2) is 14.5 Å². The van der Waals surface area contributed by atoms with Crippen molar-refractivity contribution in [1.82, 2.24) is 14.8 Å². The molecule has 0 fully saturated rings. The van der Waals surface area contributed by atoms with Crippen molar-refractivity contribution >= 4 is 5.91 Å². The number of carbonyl (C=O) groups excluding carboxylic acids is 1. The molecule has 0 aliphatic heterocycles. The van der Waals surface area contributed by atoms with Gasteiger partial charge in [0.2, 0.25) is 0 Å². The molecule has 5 nitrogen and oxygen atoms in total. The Labute approximate surface area is 114 Å². The van der Waals surface area contributed by atoms with Crippen LogP contribution in [0.3, 0.4) is 0 Å². The third kappa shape index (κ3) is 2.05. The Balaban J connectivity index is 2.14. The van der Waals surface area contributed by atoms with Gasteiger partial charge in [0.25, 0.3) is 5.91 Å². The van der Waals surface area contributed by atoms with E-state index in [1.165, 1.54) is 0 Å². The van der Waals surface area contributed by atoms with E-state index in [1.54, 1.807) is 36.4 Å². The molecule has 0 atom stereocenters. The van der Waals surface area contributed by atoms with Crippen LogP contribution in [0, 0.1) is 0 Å². The first-order valence-electron chi connectivity index (χ1n) is 6.10. The maximum Gasteiger partial charge on any atom is 0.350 e. The molecular formula is C15H11N3O2. The molecule has 0 unspecified atom stereocenters. The molecule has 0 spiro atoms. The summed E-state index contributed by atoms with van der Waals surface area (Å²) in [5.41, 5.74) is 0.598. The van der Waals surface area contributed by atoms with Crippen molar-refractivity contribution in [3.8, 4) is 11.4 Å². The summed E-state index contributed by atoms with van der Waals surface area (Å²) in [5, 5.41) is 6.26. The van der Waals surface area contributed by atoms with Crippen LogP contribution in [0.2, 0.25) is 0 Å². The fourth-order valence-corrected chi connectivity index (χ4v) is 1.98. The number of nitrogens with zero attached hydrogens (tertiary/aromatic N) is 2. The van der Waals surface area contributed by atoms with Gasteiger partial charge in [-0.2, -0.15) is 5.10 Å². The van der Waals surface area contributed by atoms with Crippen LogP contribution in [0.1, 0.15) is 10.4 Å². The van der Waals surface area contributed by atoms with E-state index >= 15 is 0 Å². The number of hydrogen-bond donors (Lipinski definition) is 1. The summed E-state index contributed by atoms with van der Waals surface area (Å²) in [5.74, 6) is -0.0901. The summed E-state index contributed by atoms with van der Waals surface area (Å²) in [6.45, 7) is 0. The van der Waals surface area contributed by atoms with Gasteiger partial charge in [0.1, 0.15) is 0 Å². The average molecular weight is 265 g/mol. The molecular weight excluding hydrogens is 254 g/mol. The molecule has 0 aliphatic rings. The first-order valence-corrected chi connectivity index (χ1v) is 6.10. The summed E-state index contributed by atoms with van der Waals surface area (Å²) in [6.07, 6.45) is 0. The van der Waals surface area contributed by atoms with Crippen LogP contribution in [0.4, 0.5) is 0 Å². The van der Waals surface area contributed by atoms with E-state index in [0.29, 0.717) is 17.0 Å². The minimum absolute atomic E-state index is 0.310. The van der Waals surface area contributed by atoms with Crippen molar-refractivity contribution in [3.05, 3.63) is 76.7 Å². The highest BCUT2D eigenvalue weighted by Gasteiger charge is 2.18. The number of rotatable bonds is 2. The number of aromatic nitrogens is 3. The van der Waals surface area contributed by atoms with Crippen molar-refractivity contribution in [3.63, 3.8) is 0 Å². The van der Waals surface area contributed by atoms with Crippen molar-refractivity contribution in [2.24, 2.45) is 0 Å². The molecule has 3 aromatic rings. The van der Waals surface area contributed by atoms with E-state index in [-0.39, 0.29) is 0 Å².